The summed E-state index contributed by atoms with van der Waals surface area (Å²) in [7, 11) is 2.22. The van der Waals surface area contributed by atoms with Gasteiger partial charge in [-0.15, -0.1) is 0 Å². The van der Waals surface area contributed by atoms with Gasteiger partial charge in [-0.1, -0.05) is 15.9 Å². The quantitative estimate of drug-likeness (QED) is 0.867. The maximum Gasteiger partial charge on any atom is 0.0649 e. The first-order valence-corrected chi connectivity index (χ1v) is 9.07. The highest BCUT2D eigenvalue weighted by molar-refractivity contribution is 9.10. The minimum Gasteiger partial charge on any atom is -0.311 e. The van der Waals surface area contributed by atoms with E-state index in [1.807, 2.05) is 4.68 Å². The Morgan fingerprint density at radius 2 is 2.00 bits per heavy atom. The fourth-order valence-corrected chi connectivity index (χ4v) is 3.63. The van der Waals surface area contributed by atoms with Crippen LogP contribution >= 0.6 is 15.9 Å². The number of nitrogens with one attached hydrogen (secondary N) is 1. The third kappa shape index (κ3) is 3.67. The van der Waals surface area contributed by atoms with Crippen molar-refractivity contribution in [3.63, 3.8) is 0 Å². The van der Waals surface area contributed by atoms with Gasteiger partial charge in [0.2, 0.25) is 0 Å². The zero-order valence-electron chi connectivity index (χ0n) is 14.1. The topological polar surface area (TPSA) is 33.1 Å². The largest absolute Gasteiger partial charge is 0.311 e. The van der Waals surface area contributed by atoms with Crippen molar-refractivity contribution in [3.8, 4) is 5.69 Å². The van der Waals surface area contributed by atoms with Gasteiger partial charge in [-0.05, 0) is 64.5 Å². The van der Waals surface area contributed by atoms with Crippen LogP contribution in [0.25, 0.3) is 5.69 Å². The van der Waals surface area contributed by atoms with E-state index < -0.39 is 0 Å². The van der Waals surface area contributed by atoms with E-state index in [-0.39, 0.29) is 0 Å². The second kappa shape index (κ2) is 7.16. The highest BCUT2D eigenvalue weighted by Crippen LogP contribution is 2.20. The van der Waals surface area contributed by atoms with E-state index >= 15 is 0 Å². The van der Waals surface area contributed by atoms with Gasteiger partial charge in [0.1, 0.15) is 0 Å². The Labute approximate surface area is 147 Å². The van der Waals surface area contributed by atoms with Crippen molar-refractivity contribution in [2.75, 3.05) is 20.1 Å². The molecule has 1 aromatic heterocycles. The van der Waals surface area contributed by atoms with Gasteiger partial charge in [0.25, 0.3) is 0 Å². The normalized spacial score (nSPS) is 18.7. The Balaban J connectivity index is 1.69. The molecule has 1 aliphatic heterocycles. The number of likely N-dealkylation sites (N-methyl/N-ethyl adjacent to an activating group) is 1. The Bertz CT molecular complexity index is 662. The highest BCUT2D eigenvalue weighted by Gasteiger charge is 2.20. The zero-order chi connectivity index (χ0) is 16.4. The lowest BCUT2D eigenvalue weighted by molar-refractivity contribution is 0.300. The maximum absolute atomic E-state index is 4.73. The standard InChI is InChI=1S/C18H25BrN4/c1-13-18(12-20-11-17-5-4-10-22(17)3)14(2)23(21-13)16-8-6-15(19)7-9-16/h6-9,17,20H,4-5,10-12H2,1-3H3. The number of hydrogen-bond donors (Lipinski definition) is 1. The Hall–Kier alpha value is -1.17. The maximum atomic E-state index is 4.73. The number of halogens is 1. The van der Waals surface area contributed by atoms with Gasteiger partial charge in [0.05, 0.1) is 11.4 Å². The number of hydrogen-bond acceptors (Lipinski definition) is 3. The van der Waals surface area contributed by atoms with Crippen molar-refractivity contribution in [1.82, 2.24) is 20.0 Å². The summed E-state index contributed by atoms with van der Waals surface area (Å²) < 4.78 is 3.13. The summed E-state index contributed by atoms with van der Waals surface area (Å²) in [5.41, 5.74) is 4.75. The molecule has 1 atom stereocenters. The molecule has 1 aromatic carbocycles. The Morgan fingerprint density at radius 1 is 1.26 bits per heavy atom. The molecule has 0 amide bonds. The number of rotatable bonds is 5. The third-order valence-electron chi connectivity index (χ3n) is 4.87. The van der Waals surface area contributed by atoms with Gasteiger partial charge >= 0.3 is 0 Å². The summed E-state index contributed by atoms with van der Waals surface area (Å²) in [4.78, 5) is 2.46. The minimum absolute atomic E-state index is 0.678. The monoisotopic (exact) mass is 376 g/mol. The molecule has 1 N–H and O–H groups in total. The number of aromatic nitrogens is 2. The van der Waals surface area contributed by atoms with E-state index in [1.54, 1.807) is 0 Å². The third-order valence-corrected chi connectivity index (χ3v) is 5.39. The van der Waals surface area contributed by atoms with E-state index in [0.717, 1.165) is 28.9 Å². The van der Waals surface area contributed by atoms with Crippen LogP contribution in [0.3, 0.4) is 0 Å². The molecule has 0 radical (unpaired) electrons. The van der Waals surface area contributed by atoms with E-state index in [4.69, 9.17) is 5.10 Å². The predicted molar refractivity (Wildman–Crippen MR) is 98.1 cm³/mol. The van der Waals surface area contributed by atoms with E-state index in [1.165, 1.54) is 30.6 Å². The summed E-state index contributed by atoms with van der Waals surface area (Å²) in [5, 5.41) is 8.35. The molecule has 2 heterocycles. The summed E-state index contributed by atoms with van der Waals surface area (Å²) in [5.74, 6) is 0. The van der Waals surface area contributed by atoms with Gasteiger partial charge < -0.3 is 10.2 Å². The summed E-state index contributed by atoms with van der Waals surface area (Å²) in [6.07, 6.45) is 2.63. The molecule has 5 heteroatoms. The molecular formula is C18H25BrN4. The fraction of sp³-hybridized carbons (Fsp3) is 0.500. The zero-order valence-corrected chi connectivity index (χ0v) is 15.7. The molecule has 124 valence electrons. The van der Waals surface area contributed by atoms with Crippen LogP contribution in [0.5, 0.6) is 0 Å². The molecular weight excluding hydrogens is 352 g/mol. The summed E-state index contributed by atoms with van der Waals surface area (Å²) in [6, 6.07) is 8.97. The van der Waals surface area contributed by atoms with Crippen molar-refractivity contribution < 1.29 is 0 Å². The lowest BCUT2D eigenvalue weighted by Gasteiger charge is -2.19. The summed E-state index contributed by atoms with van der Waals surface area (Å²) in [6.45, 7) is 7.42. The molecule has 3 rings (SSSR count). The molecule has 0 aliphatic carbocycles. The molecule has 0 spiro atoms. The Morgan fingerprint density at radius 3 is 2.65 bits per heavy atom. The average Bonchev–Trinajstić information content (AvgIpc) is 3.06. The molecule has 0 bridgehead atoms. The first kappa shape index (κ1) is 16.7. The molecule has 1 unspecified atom stereocenters. The lowest BCUT2D eigenvalue weighted by Crippen LogP contribution is -2.35. The molecule has 1 saturated heterocycles. The van der Waals surface area contributed by atoms with Gasteiger partial charge in [-0.25, -0.2) is 4.68 Å². The second-order valence-corrected chi connectivity index (χ2v) is 7.36. The SMILES string of the molecule is Cc1nn(-c2ccc(Br)cc2)c(C)c1CNCC1CCCN1C. The molecule has 2 aromatic rings. The Kier molecular flexibility index (Phi) is 5.19. The van der Waals surface area contributed by atoms with E-state index in [9.17, 15) is 0 Å². The van der Waals surface area contributed by atoms with Crippen molar-refractivity contribution in [2.24, 2.45) is 0 Å². The van der Waals surface area contributed by atoms with Gasteiger partial charge in [0.15, 0.2) is 0 Å². The molecule has 0 saturated carbocycles. The molecule has 4 nitrogen and oxygen atoms in total. The highest BCUT2D eigenvalue weighted by atomic mass is 79.9. The van der Waals surface area contributed by atoms with Crippen LogP contribution in [-0.4, -0.2) is 40.9 Å². The van der Waals surface area contributed by atoms with Crippen LogP contribution < -0.4 is 5.32 Å². The first-order chi connectivity index (χ1) is 11.1. The van der Waals surface area contributed by atoms with E-state index in [2.05, 4.69) is 71.3 Å². The van der Waals surface area contributed by atoms with Crippen LogP contribution in [-0.2, 0) is 6.54 Å². The summed E-state index contributed by atoms with van der Waals surface area (Å²) >= 11 is 3.48. The van der Waals surface area contributed by atoms with Crippen LogP contribution in [0.2, 0.25) is 0 Å². The number of likely N-dealkylation sites (tertiary alicyclic amines) is 1. The first-order valence-electron chi connectivity index (χ1n) is 8.28. The van der Waals surface area contributed by atoms with Crippen molar-refractivity contribution in [1.29, 1.82) is 0 Å². The van der Waals surface area contributed by atoms with Gasteiger partial charge in [-0.3, -0.25) is 0 Å². The van der Waals surface area contributed by atoms with Crippen molar-refractivity contribution >= 4 is 15.9 Å². The van der Waals surface area contributed by atoms with Crippen LogP contribution in [0.4, 0.5) is 0 Å². The number of benzene rings is 1. The average molecular weight is 377 g/mol. The molecule has 23 heavy (non-hydrogen) atoms. The van der Waals surface area contributed by atoms with Gasteiger partial charge in [0, 0.05) is 34.9 Å². The van der Waals surface area contributed by atoms with E-state index in [0.29, 0.717) is 6.04 Å². The second-order valence-electron chi connectivity index (χ2n) is 6.45. The van der Waals surface area contributed by atoms with Crippen LogP contribution in [0, 0.1) is 13.8 Å². The smallest absolute Gasteiger partial charge is 0.0649 e. The van der Waals surface area contributed by atoms with Crippen LogP contribution in [0.15, 0.2) is 28.7 Å². The lowest BCUT2D eigenvalue weighted by atomic mass is 10.1. The van der Waals surface area contributed by atoms with Crippen LogP contribution in [0.1, 0.15) is 29.8 Å². The number of nitrogens with zero attached hydrogens (tertiary/aromatic N) is 3. The van der Waals surface area contributed by atoms with Gasteiger partial charge in [-0.2, -0.15) is 5.10 Å². The molecule has 1 aliphatic rings. The van der Waals surface area contributed by atoms with Crippen molar-refractivity contribution in [3.05, 3.63) is 45.7 Å². The number of aryl methyl sites for hydroxylation is 1. The predicted octanol–water partition coefficient (Wildman–Crippen LogP) is 3.44. The fourth-order valence-electron chi connectivity index (χ4n) is 3.37. The van der Waals surface area contributed by atoms with Crippen molar-refractivity contribution in [2.45, 2.75) is 39.3 Å². The molecule has 1 fully saturated rings. The minimum atomic E-state index is 0.678.